The second-order valence-corrected chi connectivity index (χ2v) is 14.6. The molecule has 0 radical (unpaired) electrons. The van der Waals surface area contributed by atoms with Gasteiger partial charge in [0.2, 0.25) is 0 Å². The molecule has 1 unspecified atom stereocenters. The number of unbranched alkanes of at least 4 members (excludes halogenated alkanes) is 25. The second kappa shape index (κ2) is 34.9. The molecule has 0 saturated carbocycles. The summed E-state index contributed by atoms with van der Waals surface area (Å²) in [7, 11) is -3.91. The molecule has 1 N–H and O–H groups in total. The third-order valence-corrected chi connectivity index (χ3v) is 9.80. The van der Waals surface area contributed by atoms with E-state index in [1.165, 1.54) is 167 Å². The smallest absolute Gasteiger partial charge is 0.303 e. The molecular formula is C37H78NO4P. The van der Waals surface area contributed by atoms with E-state index in [1.807, 2.05) is 0 Å². The molecule has 0 aliphatic heterocycles. The molecule has 43 heavy (non-hydrogen) atoms. The maximum absolute atomic E-state index is 12.2. The summed E-state index contributed by atoms with van der Waals surface area (Å²) in [4.78, 5) is 12.7. The predicted octanol–water partition coefficient (Wildman–Crippen LogP) is 12.8. The molecule has 0 spiro atoms. The van der Waals surface area contributed by atoms with Crippen LogP contribution >= 0.6 is 7.82 Å². The van der Waals surface area contributed by atoms with Crippen LogP contribution in [0.4, 0.5) is 0 Å². The fourth-order valence-corrected chi connectivity index (χ4v) is 6.67. The van der Waals surface area contributed by atoms with Gasteiger partial charge < -0.3 is 9.79 Å². The van der Waals surface area contributed by atoms with Crippen molar-refractivity contribution < 1.29 is 18.5 Å². The summed E-state index contributed by atoms with van der Waals surface area (Å²) in [6.45, 7) is 11.0. The topological polar surface area (TPSA) is 59.0 Å². The highest BCUT2D eigenvalue weighted by atomic mass is 31.2. The van der Waals surface area contributed by atoms with E-state index in [9.17, 15) is 9.46 Å². The molecule has 0 amide bonds. The van der Waals surface area contributed by atoms with Crippen LogP contribution in [0.15, 0.2) is 0 Å². The number of phosphoric acid groups is 1. The molecule has 0 aromatic rings. The lowest BCUT2D eigenvalue weighted by Gasteiger charge is -2.22. The lowest BCUT2D eigenvalue weighted by Crippen LogP contribution is -2.27. The van der Waals surface area contributed by atoms with Crippen molar-refractivity contribution in [2.24, 2.45) is 0 Å². The van der Waals surface area contributed by atoms with Crippen molar-refractivity contribution in [1.82, 2.24) is 4.90 Å². The number of phosphoric ester groups is 1. The van der Waals surface area contributed by atoms with Crippen LogP contribution in [0, 0.1) is 0 Å². The highest BCUT2D eigenvalue weighted by Crippen LogP contribution is 2.43. The van der Waals surface area contributed by atoms with E-state index in [1.54, 1.807) is 0 Å². The van der Waals surface area contributed by atoms with Gasteiger partial charge in [-0.1, -0.05) is 168 Å². The monoisotopic (exact) mass is 632 g/mol. The van der Waals surface area contributed by atoms with Crippen LogP contribution in [-0.4, -0.2) is 42.6 Å². The van der Waals surface area contributed by atoms with Crippen LogP contribution < -0.4 is 0 Å². The van der Waals surface area contributed by atoms with Gasteiger partial charge in [-0.15, -0.1) is 0 Å². The van der Waals surface area contributed by atoms with Gasteiger partial charge in [0.05, 0.1) is 13.2 Å². The minimum Gasteiger partial charge on any atom is -0.303 e. The van der Waals surface area contributed by atoms with Gasteiger partial charge in [-0.05, 0) is 58.2 Å². The van der Waals surface area contributed by atoms with Gasteiger partial charge in [-0.25, -0.2) is 4.57 Å². The third-order valence-electron chi connectivity index (χ3n) is 8.78. The average Bonchev–Trinajstić information content (AvgIpc) is 2.99. The first-order valence-electron chi connectivity index (χ1n) is 19.4. The molecule has 0 aromatic carbocycles. The fraction of sp³-hybridized carbons (Fsp3) is 1.00. The minimum atomic E-state index is -3.91. The van der Waals surface area contributed by atoms with Gasteiger partial charge >= 0.3 is 7.82 Å². The minimum absolute atomic E-state index is 0.307. The zero-order chi connectivity index (χ0) is 31.5. The van der Waals surface area contributed by atoms with Crippen molar-refractivity contribution >= 4 is 7.82 Å². The van der Waals surface area contributed by atoms with Crippen LogP contribution in [0.5, 0.6) is 0 Å². The van der Waals surface area contributed by atoms with Crippen molar-refractivity contribution in [1.29, 1.82) is 0 Å². The normalized spacial score (nSPS) is 13.2. The summed E-state index contributed by atoms with van der Waals surface area (Å²) in [5.41, 5.74) is 0. The summed E-state index contributed by atoms with van der Waals surface area (Å²) in [5, 5.41) is 0. The van der Waals surface area contributed by atoms with E-state index in [4.69, 9.17) is 9.05 Å². The summed E-state index contributed by atoms with van der Waals surface area (Å²) >= 11 is 0. The molecule has 0 fully saturated rings. The lowest BCUT2D eigenvalue weighted by molar-refractivity contribution is 0.144. The van der Waals surface area contributed by atoms with Gasteiger partial charge in [0, 0.05) is 0 Å². The second-order valence-electron chi connectivity index (χ2n) is 13.2. The predicted molar refractivity (Wildman–Crippen MR) is 189 cm³/mol. The van der Waals surface area contributed by atoms with Crippen molar-refractivity contribution in [3.05, 3.63) is 0 Å². The van der Waals surface area contributed by atoms with E-state index in [-0.39, 0.29) is 0 Å². The molecular weight excluding hydrogens is 553 g/mol. The quantitative estimate of drug-likeness (QED) is 0.0546. The molecule has 0 rings (SSSR count). The average molecular weight is 632 g/mol. The summed E-state index contributed by atoms with van der Waals surface area (Å²) in [6.07, 6.45) is 37.4. The SMILES string of the molecule is CCCCCCCCCCCN(CCCCCCCCCCC)CCCCCOP(=O)(O)OCCCCCCCCCC. The zero-order valence-corrected chi connectivity index (χ0v) is 30.5. The maximum Gasteiger partial charge on any atom is 0.472 e. The van der Waals surface area contributed by atoms with E-state index < -0.39 is 7.82 Å². The van der Waals surface area contributed by atoms with E-state index in [0.717, 1.165) is 38.6 Å². The Balaban J connectivity index is 4.03. The molecule has 0 bridgehead atoms. The van der Waals surface area contributed by atoms with E-state index >= 15 is 0 Å². The Bertz CT molecular complexity index is 555. The van der Waals surface area contributed by atoms with Crippen LogP contribution in [0.3, 0.4) is 0 Å². The number of hydrogen-bond donors (Lipinski definition) is 1. The van der Waals surface area contributed by atoms with Gasteiger partial charge in [-0.3, -0.25) is 9.05 Å². The molecule has 6 heteroatoms. The Labute approximate surface area is 270 Å². The Kier molecular flexibility index (Phi) is 35.0. The van der Waals surface area contributed by atoms with Gasteiger partial charge in [0.25, 0.3) is 0 Å². The first-order chi connectivity index (χ1) is 21.1. The number of hydrogen-bond acceptors (Lipinski definition) is 4. The Morgan fingerprint density at radius 1 is 0.395 bits per heavy atom. The van der Waals surface area contributed by atoms with Crippen molar-refractivity contribution in [3.8, 4) is 0 Å². The summed E-state index contributed by atoms with van der Waals surface area (Å²) < 4.78 is 22.6. The highest BCUT2D eigenvalue weighted by molar-refractivity contribution is 7.47. The Morgan fingerprint density at radius 2 is 0.628 bits per heavy atom. The van der Waals surface area contributed by atoms with Crippen molar-refractivity contribution in [2.45, 2.75) is 207 Å². The molecule has 0 saturated heterocycles. The Morgan fingerprint density at radius 3 is 0.930 bits per heavy atom. The molecule has 5 nitrogen and oxygen atoms in total. The number of nitrogens with zero attached hydrogens (tertiary/aromatic N) is 1. The first-order valence-corrected chi connectivity index (χ1v) is 20.9. The fourth-order valence-electron chi connectivity index (χ4n) is 5.87. The first kappa shape index (κ1) is 43.1. The van der Waals surface area contributed by atoms with Crippen LogP contribution in [-0.2, 0) is 13.6 Å². The standard InChI is InChI=1S/C37H78NO4P/c1-4-7-10-13-16-19-21-24-28-33-38(34-29-25-22-20-17-14-11-8-5-2)35-30-27-32-37-42-43(39,40)41-36-31-26-23-18-15-12-9-6-3/h4-37H2,1-3H3,(H,39,40). The lowest BCUT2D eigenvalue weighted by atomic mass is 10.1. The Hall–Kier alpha value is 0.0700. The molecule has 0 aromatic heterocycles. The van der Waals surface area contributed by atoms with E-state index in [0.29, 0.717) is 13.2 Å². The zero-order valence-electron chi connectivity index (χ0n) is 29.6. The van der Waals surface area contributed by atoms with Gasteiger partial charge in [0.15, 0.2) is 0 Å². The molecule has 0 heterocycles. The van der Waals surface area contributed by atoms with E-state index in [2.05, 4.69) is 25.7 Å². The molecule has 260 valence electrons. The van der Waals surface area contributed by atoms with Crippen LogP contribution in [0.2, 0.25) is 0 Å². The van der Waals surface area contributed by atoms with Gasteiger partial charge in [-0.2, -0.15) is 0 Å². The maximum atomic E-state index is 12.2. The van der Waals surface area contributed by atoms with Crippen LogP contribution in [0.25, 0.3) is 0 Å². The molecule has 0 aliphatic rings. The number of rotatable bonds is 37. The highest BCUT2D eigenvalue weighted by Gasteiger charge is 2.20. The van der Waals surface area contributed by atoms with Crippen LogP contribution in [0.1, 0.15) is 207 Å². The molecule has 0 aliphatic carbocycles. The van der Waals surface area contributed by atoms with Crippen molar-refractivity contribution in [3.63, 3.8) is 0 Å². The van der Waals surface area contributed by atoms with Crippen molar-refractivity contribution in [2.75, 3.05) is 32.8 Å². The largest absolute Gasteiger partial charge is 0.472 e. The van der Waals surface area contributed by atoms with Gasteiger partial charge in [0.1, 0.15) is 0 Å². The summed E-state index contributed by atoms with van der Waals surface area (Å²) in [5.74, 6) is 0. The third kappa shape index (κ3) is 34.8. The summed E-state index contributed by atoms with van der Waals surface area (Å²) in [6, 6.07) is 0. The molecule has 1 atom stereocenters.